The van der Waals surface area contributed by atoms with Crippen molar-refractivity contribution in [2.75, 3.05) is 0 Å². The van der Waals surface area contributed by atoms with Crippen LogP contribution >= 0.6 is 0 Å². The van der Waals surface area contributed by atoms with E-state index >= 15 is 0 Å². The molecule has 0 aromatic heterocycles. The van der Waals surface area contributed by atoms with Gasteiger partial charge in [-0.2, -0.15) is 0 Å². The third-order valence-corrected chi connectivity index (χ3v) is 9.53. The average Bonchev–Trinajstić information content (AvgIpc) is 2.07. The molecule has 0 aromatic carbocycles. The van der Waals surface area contributed by atoms with Crippen LogP contribution in [0.5, 0.6) is 0 Å². The summed E-state index contributed by atoms with van der Waals surface area (Å²) in [4.78, 5) is 19.0. The summed E-state index contributed by atoms with van der Waals surface area (Å²) in [6.45, 7) is 3.74. The number of Topliss-reactive ketones (excluding diaryl/α,β-unsaturated/α-hetero) is 1. The molecule has 0 unspecified atom stereocenters. The fourth-order valence-corrected chi connectivity index (χ4v) is 8.02. The molecule has 1 aliphatic rings. The number of rotatable bonds is 3. The zero-order valence-electron chi connectivity index (χ0n) is 9.52. The summed E-state index contributed by atoms with van der Waals surface area (Å²) in [6, 6.07) is 0. The molecule has 0 amide bonds. The van der Waals surface area contributed by atoms with E-state index in [1.54, 1.807) is 3.59 Å². The molecule has 0 spiro atoms. The number of carbonyl (C=O) groups excluding carboxylic acids is 1. The van der Waals surface area contributed by atoms with Gasteiger partial charge in [0, 0.05) is 0 Å². The fourth-order valence-electron chi connectivity index (χ4n) is 2.10. The number of hydrogen-bond acceptors (Lipinski definition) is 1. The summed E-state index contributed by atoms with van der Waals surface area (Å²) < 4.78 is 1.55. The molecule has 78 valence electrons. The van der Waals surface area contributed by atoms with Crippen LogP contribution in [-0.2, 0) is 4.79 Å². The molecular formula is C12H20OSn. The van der Waals surface area contributed by atoms with Crippen LogP contribution in [0.25, 0.3) is 0 Å². The van der Waals surface area contributed by atoms with Gasteiger partial charge in [0.15, 0.2) is 0 Å². The summed E-state index contributed by atoms with van der Waals surface area (Å²) in [6.07, 6.45) is 5.67. The third-order valence-electron chi connectivity index (χ3n) is 2.79. The molecular weight excluding hydrogens is 279 g/mol. The van der Waals surface area contributed by atoms with Crippen molar-refractivity contribution in [1.29, 1.82) is 0 Å². The van der Waals surface area contributed by atoms with Crippen molar-refractivity contribution in [2.24, 2.45) is 0 Å². The maximum absolute atomic E-state index is 11.8. The van der Waals surface area contributed by atoms with E-state index in [-0.39, 0.29) is 0 Å². The SMILES string of the molecule is C=CCC1=[C]([Sn]([CH3])([CH3])[CH3])CCCC1=O. The van der Waals surface area contributed by atoms with Gasteiger partial charge in [-0.1, -0.05) is 0 Å². The van der Waals surface area contributed by atoms with Crippen molar-refractivity contribution in [1.82, 2.24) is 0 Å². The Morgan fingerprint density at radius 2 is 2.00 bits per heavy atom. The minimum absolute atomic E-state index is 0.387. The first kappa shape index (κ1) is 12.0. The van der Waals surface area contributed by atoms with Gasteiger partial charge in [-0.3, -0.25) is 0 Å². The normalized spacial score (nSPS) is 18.6. The first-order valence-electron chi connectivity index (χ1n) is 5.33. The van der Waals surface area contributed by atoms with E-state index < -0.39 is 18.4 Å². The summed E-state index contributed by atoms with van der Waals surface area (Å²) in [5.74, 6) is 0.387. The Bertz CT molecular complexity index is 281. The van der Waals surface area contributed by atoms with E-state index in [4.69, 9.17) is 0 Å². The van der Waals surface area contributed by atoms with Crippen LogP contribution in [0.2, 0.25) is 14.8 Å². The summed E-state index contributed by atoms with van der Waals surface area (Å²) in [5.41, 5.74) is 1.12. The summed E-state index contributed by atoms with van der Waals surface area (Å²) >= 11 is -2.01. The van der Waals surface area contributed by atoms with Crippen LogP contribution in [0.15, 0.2) is 21.8 Å². The molecule has 0 bridgehead atoms. The first-order chi connectivity index (χ1) is 6.46. The molecule has 0 saturated heterocycles. The van der Waals surface area contributed by atoms with Crippen LogP contribution < -0.4 is 0 Å². The molecule has 0 aliphatic heterocycles. The van der Waals surface area contributed by atoms with Gasteiger partial charge in [0.05, 0.1) is 0 Å². The van der Waals surface area contributed by atoms with E-state index in [9.17, 15) is 4.79 Å². The molecule has 2 heteroatoms. The number of hydrogen-bond donors (Lipinski definition) is 0. The maximum atomic E-state index is 11.8. The van der Waals surface area contributed by atoms with Gasteiger partial charge in [0.2, 0.25) is 0 Å². The van der Waals surface area contributed by atoms with Crippen LogP contribution in [0.3, 0.4) is 0 Å². The van der Waals surface area contributed by atoms with Gasteiger partial charge in [0.25, 0.3) is 0 Å². The Morgan fingerprint density at radius 3 is 2.50 bits per heavy atom. The second kappa shape index (κ2) is 4.65. The molecule has 0 saturated carbocycles. The molecule has 1 rings (SSSR count). The molecule has 0 radical (unpaired) electrons. The van der Waals surface area contributed by atoms with E-state index in [1.807, 2.05) is 6.08 Å². The molecule has 14 heavy (non-hydrogen) atoms. The zero-order valence-corrected chi connectivity index (χ0v) is 12.4. The molecule has 0 heterocycles. The summed E-state index contributed by atoms with van der Waals surface area (Å²) in [5, 5.41) is 0. The van der Waals surface area contributed by atoms with Gasteiger partial charge in [0.1, 0.15) is 0 Å². The second-order valence-corrected chi connectivity index (χ2v) is 19.5. The van der Waals surface area contributed by atoms with Gasteiger partial charge < -0.3 is 0 Å². The van der Waals surface area contributed by atoms with Gasteiger partial charge in [-0.15, -0.1) is 0 Å². The Balaban J connectivity index is 3.09. The van der Waals surface area contributed by atoms with Gasteiger partial charge in [-0.05, 0) is 0 Å². The molecule has 1 nitrogen and oxygen atoms in total. The van der Waals surface area contributed by atoms with Crippen molar-refractivity contribution in [2.45, 2.75) is 40.5 Å². The molecule has 0 fully saturated rings. The van der Waals surface area contributed by atoms with E-state index in [2.05, 4.69) is 21.4 Å². The van der Waals surface area contributed by atoms with Crippen LogP contribution in [-0.4, -0.2) is 24.2 Å². The third kappa shape index (κ3) is 2.72. The average molecular weight is 299 g/mol. The monoisotopic (exact) mass is 300 g/mol. The molecule has 0 atom stereocenters. The molecule has 0 N–H and O–H groups in total. The predicted molar refractivity (Wildman–Crippen MR) is 64.0 cm³/mol. The minimum atomic E-state index is -2.01. The zero-order chi connectivity index (χ0) is 10.8. The topological polar surface area (TPSA) is 17.1 Å². The Kier molecular flexibility index (Phi) is 3.99. The van der Waals surface area contributed by atoms with Gasteiger partial charge in [-0.25, -0.2) is 0 Å². The summed E-state index contributed by atoms with van der Waals surface area (Å²) in [7, 11) is 0. The first-order valence-corrected chi connectivity index (χ1v) is 15.3. The van der Waals surface area contributed by atoms with Crippen molar-refractivity contribution in [3.63, 3.8) is 0 Å². The second-order valence-electron chi connectivity index (χ2n) is 4.98. The number of carbonyl (C=O) groups is 1. The fraction of sp³-hybridized carbons (Fsp3) is 0.583. The van der Waals surface area contributed by atoms with Crippen LogP contribution in [0.4, 0.5) is 0 Å². The Morgan fingerprint density at radius 1 is 1.36 bits per heavy atom. The van der Waals surface area contributed by atoms with E-state index in [0.29, 0.717) is 5.78 Å². The molecule has 1 aliphatic carbocycles. The number of ketones is 1. The Hall–Kier alpha value is -0.0513. The standard InChI is InChI=1S/C9H11O.3CH3.Sn/c1-2-5-8-6-3-4-7-9(8)10;;;;/h2H,1,3-5,7H2;3*1H3;. The number of allylic oxidation sites excluding steroid dienone is 3. The molecule has 0 aromatic rings. The quantitative estimate of drug-likeness (QED) is 0.576. The Labute approximate surface area is 91.1 Å². The van der Waals surface area contributed by atoms with E-state index in [0.717, 1.165) is 24.8 Å². The van der Waals surface area contributed by atoms with Crippen molar-refractivity contribution >= 4 is 24.2 Å². The van der Waals surface area contributed by atoms with E-state index in [1.165, 1.54) is 6.42 Å². The van der Waals surface area contributed by atoms with Crippen molar-refractivity contribution in [3.8, 4) is 0 Å². The van der Waals surface area contributed by atoms with Crippen LogP contribution in [0, 0.1) is 0 Å². The van der Waals surface area contributed by atoms with Crippen LogP contribution in [0.1, 0.15) is 25.7 Å². The predicted octanol–water partition coefficient (Wildman–Crippen LogP) is 3.49. The van der Waals surface area contributed by atoms with Crippen molar-refractivity contribution < 1.29 is 4.79 Å². The van der Waals surface area contributed by atoms with Gasteiger partial charge >= 0.3 is 91.3 Å². The van der Waals surface area contributed by atoms with Crippen molar-refractivity contribution in [3.05, 3.63) is 21.8 Å².